The molecule has 0 spiro atoms. The van der Waals surface area contributed by atoms with Crippen molar-refractivity contribution < 1.29 is 29.0 Å². The number of ether oxygens (including phenoxy) is 1. The van der Waals surface area contributed by atoms with E-state index in [4.69, 9.17) is 4.74 Å². The Bertz CT molecular complexity index is 933. The minimum absolute atomic E-state index is 0.0502. The van der Waals surface area contributed by atoms with Gasteiger partial charge in [-0.1, -0.05) is 48.5 Å². The van der Waals surface area contributed by atoms with Crippen molar-refractivity contribution in [2.45, 2.75) is 79.1 Å². The Balaban J connectivity index is 2.27. The molecule has 1 aromatic rings. The zero-order valence-electron chi connectivity index (χ0n) is 22.1. The van der Waals surface area contributed by atoms with E-state index < -0.39 is 59.3 Å². The molecule has 0 saturated carbocycles. The number of amides is 3. The Morgan fingerprint density at radius 2 is 1.86 bits per heavy atom. The zero-order valence-corrected chi connectivity index (χ0v) is 22.1. The smallest absolute Gasteiger partial charge is 0.329 e. The van der Waals surface area contributed by atoms with E-state index in [1.54, 1.807) is 41.5 Å². The molecule has 200 valence electrons. The summed E-state index contributed by atoms with van der Waals surface area (Å²) in [4.78, 5) is 61.6. The van der Waals surface area contributed by atoms with Gasteiger partial charge < -0.3 is 25.4 Å². The van der Waals surface area contributed by atoms with Gasteiger partial charge in [-0.25, -0.2) is 9.78 Å². The normalized spacial score (nSPS) is 21.6. The minimum atomic E-state index is -1.03. The second-order valence-electron chi connectivity index (χ2n) is 10.6. The SMILES string of the molecule is CCCOC(=O)[C@@H]1[C@@H](C)[C@@H](O)CN1C(=O)C(NC(=O)C(NC(=O)c1cnccn1)C(C)C)C(C)(C)C. The number of aliphatic hydroxyl groups is 1. The molecule has 1 aliphatic heterocycles. The first-order valence-electron chi connectivity index (χ1n) is 12.3. The summed E-state index contributed by atoms with van der Waals surface area (Å²) in [5.41, 5.74) is -0.675. The highest BCUT2D eigenvalue weighted by atomic mass is 16.5. The van der Waals surface area contributed by atoms with Crippen molar-refractivity contribution in [1.29, 1.82) is 0 Å². The third-order valence-corrected chi connectivity index (χ3v) is 6.23. The molecule has 1 saturated heterocycles. The van der Waals surface area contributed by atoms with E-state index in [1.165, 1.54) is 23.5 Å². The zero-order chi connectivity index (χ0) is 27.2. The fourth-order valence-corrected chi connectivity index (χ4v) is 4.05. The molecular formula is C25H39N5O6. The highest BCUT2D eigenvalue weighted by Crippen LogP contribution is 2.30. The molecule has 0 aliphatic carbocycles. The van der Waals surface area contributed by atoms with Gasteiger partial charge >= 0.3 is 5.97 Å². The predicted octanol–water partition coefficient (Wildman–Crippen LogP) is 0.923. The summed E-state index contributed by atoms with van der Waals surface area (Å²) in [5.74, 6) is -3.01. The van der Waals surface area contributed by atoms with Crippen molar-refractivity contribution in [3.8, 4) is 0 Å². The minimum Gasteiger partial charge on any atom is -0.464 e. The molecule has 1 aliphatic rings. The fraction of sp³-hybridized carbons (Fsp3) is 0.680. The second-order valence-corrected chi connectivity index (χ2v) is 10.6. The van der Waals surface area contributed by atoms with Gasteiger partial charge in [0.2, 0.25) is 11.8 Å². The van der Waals surface area contributed by atoms with Crippen LogP contribution in [-0.4, -0.2) is 81.0 Å². The summed E-state index contributed by atoms with van der Waals surface area (Å²) < 4.78 is 5.29. The highest BCUT2D eigenvalue weighted by molar-refractivity contribution is 5.97. The van der Waals surface area contributed by atoms with Crippen molar-refractivity contribution >= 4 is 23.7 Å². The molecule has 1 fully saturated rings. The number of hydrogen-bond donors (Lipinski definition) is 3. The standard InChI is InChI=1S/C25H39N5O6/c1-8-11-36-24(35)19-15(4)17(31)13-30(19)23(34)20(25(5,6)7)29-22(33)18(14(2)3)28-21(32)16-12-26-9-10-27-16/h9-10,12,14-15,17-20,31H,8,11,13H2,1-7H3,(H,28,32)(H,29,33)/t15-,17-,18?,19-,20?/m0/s1. The average Bonchev–Trinajstić information content (AvgIpc) is 3.12. The molecule has 3 N–H and O–H groups in total. The lowest BCUT2D eigenvalue weighted by atomic mass is 9.85. The maximum Gasteiger partial charge on any atom is 0.329 e. The number of nitrogens with one attached hydrogen (secondary N) is 2. The Labute approximate surface area is 212 Å². The van der Waals surface area contributed by atoms with Gasteiger partial charge in [0.1, 0.15) is 23.8 Å². The number of esters is 1. The van der Waals surface area contributed by atoms with Crippen molar-refractivity contribution in [2.24, 2.45) is 17.3 Å². The van der Waals surface area contributed by atoms with Crippen LogP contribution in [0.2, 0.25) is 0 Å². The number of likely N-dealkylation sites (tertiary alicyclic amines) is 1. The Morgan fingerprint density at radius 3 is 2.39 bits per heavy atom. The van der Waals surface area contributed by atoms with E-state index in [0.29, 0.717) is 6.42 Å². The van der Waals surface area contributed by atoms with Gasteiger partial charge in [0.05, 0.1) is 18.9 Å². The van der Waals surface area contributed by atoms with E-state index in [9.17, 15) is 24.3 Å². The Hall–Kier alpha value is -3.08. The average molecular weight is 506 g/mol. The molecule has 36 heavy (non-hydrogen) atoms. The molecule has 11 nitrogen and oxygen atoms in total. The molecule has 0 bridgehead atoms. The van der Waals surface area contributed by atoms with E-state index in [1.807, 2.05) is 6.92 Å². The van der Waals surface area contributed by atoms with Crippen LogP contribution >= 0.6 is 0 Å². The molecule has 5 atom stereocenters. The number of carbonyl (C=O) groups excluding carboxylic acids is 4. The van der Waals surface area contributed by atoms with Crippen LogP contribution in [0.5, 0.6) is 0 Å². The third kappa shape index (κ3) is 6.99. The highest BCUT2D eigenvalue weighted by Gasteiger charge is 2.49. The Kier molecular flexibility index (Phi) is 9.92. The van der Waals surface area contributed by atoms with Crippen LogP contribution < -0.4 is 10.6 Å². The molecule has 0 radical (unpaired) electrons. The predicted molar refractivity (Wildman–Crippen MR) is 131 cm³/mol. The van der Waals surface area contributed by atoms with Crippen LogP contribution in [0.1, 0.15) is 65.4 Å². The fourth-order valence-electron chi connectivity index (χ4n) is 4.05. The summed E-state index contributed by atoms with van der Waals surface area (Å²) in [6.07, 6.45) is 3.83. The number of nitrogens with zero attached hydrogens (tertiary/aromatic N) is 3. The van der Waals surface area contributed by atoms with E-state index in [0.717, 1.165) is 0 Å². The first-order chi connectivity index (χ1) is 16.8. The quantitative estimate of drug-likeness (QED) is 0.419. The van der Waals surface area contributed by atoms with Crippen LogP contribution in [0.25, 0.3) is 0 Å². The summed E-state index contributed by atoms with van der Waals surface area (Å²) in [6.45, 7) is 12.6. The molecule has 3 amide bonds. The molecule has 1 aromatic heterocycles. The van der Waals surface area contributed by atoms with Gasteiger partial charge in [0.15, 0.2) is 0 Å². The summed E-state index contributed by atoms with van der Waals surface area (Å²) in [6, 6.07) is -2.94. The largest absolute Gasteiger partial charge is 0.464 e. The number of carbonyl (C=O) groups is 4. The van der Waals surface area contributed by atoms with E-state index in [2.05, 4.69) is 20.6 Å². The van der Waals surface area contributed by atoms with Gasteiger partial charge in [-0.2, -0.15) is 0 Å². The van der Waals surface area contributed by atoms with Crippen molar-refractivity contribution in [3.05, 3.63) is 24.3 Å². The second kappa shape index (κ2) is 12.2. The number of aliphatic hydroxyl groups excluding tert-OH is 1. The first-order valence-corrected chi connectivity index (χ1v) is 12.3. The van der Waals surface area contributed by atoms with Gasteiger partial charge in [-0.15, -0.1) is 0 Å². The van der Waals surface area contributed by atoms with Gasteiger partial charge in [0, 0.05) is 24.9 Å². The molecule has 2 unspecified atom stereocenters. The van der Waals surface area contributed by atoms with Crippen molar-refractivity contribution in [3.63, 3.8) is 0 Å². The van der Waals surface area contributed by atoms with E-state index in [-0.39, 0.29) is 24.8 Å². The van der Waals surface area contributed by atoms with Crippen LogP contribution in [0.3, 0.4) is 0 Å². The molecule has 2 heterocycles. The van der Waals surface area contributed by atoms with Crippen LogP contribution in [-0.2, 0) is 19.1 Å². The maximum atomic E-state index is 13.7. The first kappa shape index (κ1) is 29.2. The topological polar surface area (TPSA) is 151 Å². The summed E-state index contributed by atoms with van der Waals surface area (Å²) in [5, 5.41) is 15.9. The molecule has 2 rings (SSSR count). The van der Waals surface area contributed by atoms with Gasteiger partial charge in [0.25, 0.3) is 5.91 Å². The number of hydrogen-bond acceptors (Lipinski definition) is 8. The molecule has 0 aromatic carbocycles. The lowest BCUT2D eigenvalue weighted by molar-refractivity contribution is -0.156. The monoisotopic (exact) mass is 505 g/mol. The summed E-state index contributed by atoms with van der Waals surface area (Å²) >= 11 is 0. The molecule has 11 heteroatoms. The van der Waals surface area contributed by atoms with Crippen molar-refractivity contribution in [1.82, 2.24) is 25.5 Å². The van der Waals surface area contributed by atoms with Crippen LogP contribution in [0, 0.1) is 17.3 Å². The van der Waals surface area contributed by atoms with Gasteiger partial charge in [-0.3, -0.25) is 19.4 Å². The summed E-state index contributed by atoms with van der Waals surface area (Å²) in [7, 11) is 0. The number of aromatic nitrogens is 2. The van der Waals surface area contributed by atoms with Crippen LogP contribution in [0.4, 0.5) is 0 Å². The van der Waals surface area contributed by atoms with Crippen molar-refractivity contribution in [2.75, 3.05) is 13.2 Å². The Morgan fingerprint density at radius 1 is 1.19 bits per heavy atom. The van der Waals surface area contributed by atoms with Crippen LogP contribution in [0.15, 0.2) is 18.6 Å². The van der Waals surface area contributed by atoms with Gasteiger partial charge in [-0.05, 0) is 17.8 Å². The lowest BCUT2D eigenvalue weighted by Crippen LogP contribution is -2.61. The van der Waals surface area contributed by atoms with E-state index >= 15 is 0 Å². The third-order valence-electron chi connectivity index (χ3n) is 6.23. The number of β-amino-alcohol motifs (C(OH)–C–C–N with tert-alkyl or cyclic N) is 1. The lowest BCUT2D eigenvalue weighted by Gasteiger charge is -2.36. The maximum absolute atomic E-state index is 13.7. The number of rotatable bonds is 9. The molecular weight excluding hydrogens is 466 g/mol.